The van der Waals surface area contributed by atoms with Gasteiger partial charge in [-0.1, -0.05) is 37.3 Å². The van der Waals surface area contributed by atoms with Crippen LogP contribution in [0.1, 0.15) is 20.3 Å². The molecule has 0 heterocycles. The molecule has 0 aromatic rings. The molecule has 0 fully saturated rings. The lowest BCUT2D eigenvalue weighted by atomic mass is 10.2. The van der Waals surface area contributed by atoms with Gasteiger partial charge >= 0.3 is 0 Å². The summed E-state index contributed by atoms with van der Waals surface area (Å²) in [6, 6.07) is 0. The van der Waals surface area contributed by atoms with E-state index in [1.165, 1.54) is 5.57 Å². The quantitative estimate of drug-likeness (QED) is 0.570. The third-order valence-corrected chi connectivity index (χ3v) is 1.60. The highest BCUT2D eigenvalue weighted by Gasteiger charge is 1.84. The van der Waals surface area contributed by atoms with Crippen molar-refractivity contribution in [3.63, 3.8) is 0 Å². The second-order valence-electron chi connectivity index (χ2n) is 2.82. The summed E-state index contributed by atoms with van der Waals surface area (Å²) >= 11 is 0. The molecule has 0 bridgehead atoms. The number of allylic oxidation sites excluding steroid dienone is 3. The molecule has 0 atom stereocenters. The summed E-state index contributed by atoms with van der Waals surface area (Å²) in [4.78, 5) is 0. The Labute approximate surface area is 75.4 Å². The molecule has 0 rings (SSSR count). The zero-order valence-electron chi connectivity index (χ0n) is 8.26. The SMILES string of the molecule is C=C(C=CC=C(C)CC)COC. The maximum atomic E-state index is 4.92. The highest BCUT2D eigenvalue weighted by Crippen LogP contribution is 1.99. The highest BCUT2D eigenvalue weighted by molar-refractivity contribution is 5.21. The number of rotatable bonds is 5. The van der Waals surface area contributed by atoms with Gasteiger partial charge < -0.3 is 4.74 Å². The van der Waals surface area contributed by atoms with Crippen molar-refractivity contribution in [2.24, 2.45) is 0 Å². The van der Waals surface area contributed by atoms with Crippen molar-refractivity contribution < 1.29 is 4.74 Å². The summed E-state index contributed by atoms with van der Waals surface area (Å²) < 4.78 is 4.92. The molecule has 0 aliphatic heterocycles. The molecule has 1 nitrogen and oxygen atoms in total. The van der Waals surface area contributed by atoms with E-state index in [9.17, 15) is 0 Å². The van der Waals surface area contributed by atoms with Crippen LogP contribution in [0.2, 0.25) is 0 Å². The molecular formula is C11H18O. The maximum absolute atomic E-state index is 4.92. The molecule has 1 heteroatoms. The van der Waals surface area contributed by atoms with Crippen LogP contribution in [-0.2, 0) is 4.74 Å². The molecule has 68 valence electrons. The molecule has 0 aromatic carbocycles. The van der Waals surface area contributed by atoms with E-state index in [1.807, 2.05) is 12.2 Å². The smallest absolute Gasteiger partial charge is 0.0707 e. The van der Waals surface area contributed by atoms with Gasteiger partial charge in [0.05, 0.1) is 6.61 Å². The lowest BCUT2D eigenvalue weighted by molar-refractivity contribution is 0.228. The van der Waals surface area contributed by atoms with Crippen LogP contribution in [0.25, 0.3) is 0 Å². The lowest BCUT2D eigenvalue weighted by Crippen LogP contribution is -1.87. The summed E-state index contributed by atoms with van der Waals surface area (Å²) in [5.74, 6) is 0. The van der Waals surface area contributed by atoms with Gasteiger partial charge in [0.1, 0.15) is 0 Å². The minimum Gasteiger partial charge on any atom is -0.380 e. The minimum atomic E-state index is 0.607. The molecule has 0 spiro atoms. The van der Waals surface area contributed by atoms with Crippen LogP contribution in [0, 0.1) is 0 Å². The van der Waals surface area contributed by atoms with Gasteiger partial charge in [0.15, 0.2) is 0 Å². The number of hydrogen-bond donors (Lipinski definition) is 0. The van der Waals surface area contributed by atoms with Crippen LogP contribution in [0.3, 0.4) is 0 Å². The van der Waals surface area contributed by atoms with E-state index in [1.54, 1.807) is 7.11 Å². The van der Waals surface area contributed by atoms with Gasteiger partial charge in [-0.2, -0.15) is 0 Å². The number of ether oxygens (including phenoxy) is 1. The molecule has 0 aliphatic carbocycles. The normalized spacial score (nSPS) is 12.4. The Kier molecular flexibility index (Phi) is 6.39. The number of methoxy groups -OCH3 is 1. The topological polar surface area (TPSA) is 9.23 Å². The van der Waals surface area contributed by atoms with Crippen molar-refractivity contribution in [1.82, 2.24) is 0 Å². The van der Waals surface area contributed by atoms with Crippen LogP contribution in [-0.4, -0.2) is 13.7 Å². The van der Waals surface area contributed by atoms with Crippen molar-refractivity contribution in [3.8, 4) is 0 Å². The third kappa shape index (κ3) is 5.93. The van der Waals surface area contributed by atoms with Gasteiger partial charge in [0.25, 0.3) is 0 Å². The average Bonchev–Trinajstić information content (AvgIpc) is 2.04. The Morgan fingerprint density at radius 3 is 2.67 bits per heavy atom. The van der Waals surface area contributed by atoms with E-state index in [2.05, 4.69) is 26.5 Å². The molecule has 0 saturated carbocycles. The van der Waals surface area contributed by atoms with E-state index >= 15 is 0 Å². The van der Waals surface area contributed by atoms with Crippen molar-refractivity contribution in [2.45, 2.75) is 20.3 Å². The van der Waals surface area contributed by atoms with Crippen LogP contribution < -0.4 is 0 Å². The lowest BCUT2D eigenvalue weighted by Gasteiger charge is -1.95. The van der Waals surface area contributed by atoms with Crippen LogP contribution >= 0.6 is 0 Å². The molecule has 0 aliphatic rings. The average molecular weight is 166 g/mol. The van der Waals surface area contributed by atoms with Gasteiger partial charge in [-0.15, -0.1) is 0 Å². The first-order chi connectivity index (χ1) is 5.70. The molecule has 0 amide bonds. The van der Waals surface area contributed by atoms with Crippen molar-refractivity contribution >= 4 is 0 Å². The number of hydrogen-bond acceptors (Lipinski definition) is 1. The van der Waals surface area contributed by atoms with Gasteiger partial charge in [-0.25, -0.2) is 0 Å². The van der Waals surface area contributed by atoms with Crippen molar-refractivity contribution in [2.75, 3.05) is 13.7 Å². The first kappa shape index (κ1) is 11.2. The summed E-state index contributed by atoms with van der Waals surface area (Å²) in [7, 11) is 1.67. The molecular weight excluding hydrogens is 148 g/mol. The predicted molar refractivity (Wildman–Crippen MR) is 54.2 cm³/mol. The zero-order valence-corrected chi connectivity index (χ0v) is 8.26. The Morgan fingerprint density at radius 2 is 2.17 bits per heavy atom. The Bertz CT molecular complexity index is 187. The van der Waals surface area contributed by atoms with Gasteiger partial charge in [0, 0.05) is 7.11 Å². The van der Waals surface area contributed by atoms with Crippen molar-refractivity contribution in [1.29, 1.82) is 0 Å². The van der Waals surface area contributed by atoms with Crippen LogP contribution in [0.5, 0.6) is 0 Å². The molecule has 0 saturated heterocycles. The van der Waals surface area contributed by atoms with Gasteiger partial charge in [-0.3, -0.25) is 0 Å². The Morgan fingerprint density at radius 1 is 1.50 bits per heavy atom. The summed E-state index contributed by atoms with van der Waals surface area (Å²) in [6.07, 6.45) is 7.19. The van der Waals surface area contributed by atoms with Gasteiger partial charge in [0.2, 0.25) is 0 Å². The summed E-state index contributed by atoms with van der Waals surface area (Å²) in [5.41, 5.74) is 2.37. The molecule has 0 N–H and O–H groups in total. The van der Waals surface area contributed by atoms with E-state index in [0.29, 0.717) is 6.61 Å². The summed E-state index contributed by atoms with van der Waals surface area (Å²) in [6.45, 7) is 8.69. The van der Waals surface area contributed by atoms with Crippen LogP contribution in [0.15, 0.2) is 36.0 Å². The monoisotopic (exact) mass is 166 g/mol. The van der Waals surface area contributed by atoms with E-state index in [4.69, 9.17) is 4.74 Å². The van der Waals surface area contributed by atoms with E-state index < -0.39 is 0 Å². The predicted octanol–water partition coefficient (Wildman–Crippen LogP) is 3.10. The van der Waals surface area contributed by atoms with E-state index in [-0.39, 0.29) is 0 Å². The zero-order chi connectivity index (χ0) is 9.40. The third-order valence-electron chi connectivity index (χ3n) is 1.60. The largest absolute Gasteiger partial charge is 0.380 e. The first-order valence-corrected chi connectivity index (χ1v) is 4.21. The molecule has 0 aromatic heterocycles. The van der Waals surface area contributed by atoms with Crippen molar-refractivity contribution in [3.05, 3.63) is 36.0 Å². The standard InChI is InChI=1S/C11H18O/c1-5-10(2)7-6-8-11(3)9-12-4/h6-8H,3,5,9H2,1-2,4H3. The molecule has 0 unspecified atom stereocenters. The maximum Gasteiger partial charge on any atom is 0.0707 e. The fourth-order valence-corrected chi connectivity index (χ4v) is 0.700. The fraction of sp³-hybridized carbons (Fsp3) is 0.455. The fourth-order valence-electron chi connectivity index (χ4n) is 0.700. The Hall–Kier alpha value is -0.820. The Balaban J connectivity index is 3.83. The first-order valence-electron chi connectivity index (χ1n) is 4.21. The van der Waals surface area contributed by atoms with Gasteiger partial charge in [-0.05, 0) is 18.9 Å². The molecule has 12 heavy (non-hydrogen) atoms. The van der Waals surface area contributed by atoms with E-state index in [0.717, 1.165) is 12.0 Å². The molecule has 0 radical (unpaired) electrons. The highest BCUT2D eigenvalue weighted by atomic mass is 16.5. The summed E-state index contributed by atoms with van der Waals surface area (Å²) in [5, 5.41) is 0. The minimum absolute atomic E-state index is 0.607. The second-order valence-corrected chi connectivity index (χ2v) is 2.82. The second kappa shape index (κ2) is 6.86. The van der Waals surface area contributed by atoms with Crippen LogP contribution in [0.4, 0.5) is 0 Å².